The maximum absolute atomic E-state index is 12.1. The molecule has 0 bridgehead atoms. The molecule has 9 heteroatoms. The summed E-state index contributed by atoms with van der Waals surface area (Å²) < 4.78 is 28.7. The van der Waals surface area contributed by atoms with E-state index in [0.717, 1.165) is 11.3 Å². The summed E-state index contributed by atoms with van der Waals surface area (Å²) in [7, 11) is -1.57. The van der Waals surface area contributed by atoms with Crippen molar-refractivity contribution in [1.29, 1.82) is 0 Å². The lowest BCUT2D eigenvalue weighted by Gasteiger charge is -2.18. The minimum atomic E-state index is -3.18. The predicted molar refractivity (Wildman–Crippen MR) is 125 cm³/mol. The first-order valence-electron chi connectivity index (χ1n) is 8.67. The van der Waals surface area contributed by atoms with Gasteiger partial charge in [0.15, 0.2) is 15.8 Å². The van der Waals surface area contributed by atoms with Crippen molar-refractivity contribution in [1.82, 2.24) is 10.6 Å². The number of hydrogen-bond acceptors (Lipinski definition) is 4. The van der Waals surface area contributed by atoms with E-state index in [9.17, 15) is 8.42 Å². The van der Waals surface area contributed by atoms with Gasteiger partial charge in [-0.2, -0.15) is 0 Å². The Labute approximate surface area is 185 Å². The van der Waals surface area contributed by atoms with Gasteiger partial charge in [-0.15, -0.1) is 24.0 Å². The fourth-order valence-corrected chi connectivity index (χ4v) is 3.31. The Kier molecular flexibility index (Phi) is 11.6. The van der Waals surface area contributed by atoms with Crippen molar-refractivity contribution in [3.05, 3.63) is 28.8 Å². The summed E-state index contributed by atoms with van der Waals surface area (Å²) in [6.45, 7) is 8.61. The minimum Gasteiger partial charge on any atom is -0.497 e. The number of hydrogen-bond donors (Lipinski definition) is 2. The van der Waals surface area contributed by atoms with Gasteiger partial charge < -0.3 is 15.4 Å². The lowest BCUT2D eigenvalue weighted by atomic mass is 10.1. The van der Waals surface area contributed by atoms with Crippen molar-refractivity contribution in [3.8, 4) is 5.75 Å². The number of nitrogens with one attached hydrogen (secondary N) is 2. The van der Waals surface area contributed by atoms with Crippen LogP contribution in [0.15, 0.2) is 23.2 Å². The Morgan fingerprint density at radius 1 is 1.26 bits per heavy atom. The van der Waals surface area contributed by atoms with Gasteiger partial charge >= 0.3 is 0 Å². The number of halogens is 2. The predicted octanol–water partition coefficient (Wildman–Crippen LogP) is 3.28. The molecule has 1 rings (SSSR count). The van der Waals surface area contributed by atoms with Gasteiger partial charge in [0.1, 0.15) is 5.75 Å². The molecule has 0 spiro atoms. The summed E-state index contributed by atoms with van der Waals surface area (Å²) >= 11 is 6.24. The average Bonchev–Trinajstić information content (AvgIpc) is 2.55. The van der Waals surface area contributed by atoms with Crippen LogP contribution in [0.5, 0.6) is 5.75 Å². The number of guanidine groups is 1. The SMILES string of the molecule is CCNC(=NCCS(=O)(=O)C(C)(C)C)NCCc1ccc(OC)cc1Cl.I. The van der Waals surface area contributed by atoms with Gasteiger partial charge in [0.2, 0.25) is 0 Å². The number of sulfone groups is 1. The van der Waals surface area contributed by atoms with E-state index in [1.807, 2.05) is 19.1 Å². The third-order valence-corrected chi connectivity index (χ3v) is 6.79. The molecule has 0 atom stereocenters. The minimum absolute atomic E-state index is 0. The zero-order chi connectivity index (χ0) is 19.8. The van der Waals surface area contributed by atoms with Crippen LogP contribution < -0.4 is 15.4 Å². The van der Waals surface area contributed by atoms with Gasteiger partial charge in [0, 0.05) is 18.1 Å². The molecule has 0 heterocycles. The van der Waals surface area contributed by atoms with Crippen LogP contribution >= 0.6 is 35.6 Å². The smallest absolute Gasteiger partial charge is 0.191 e. The van der Waals surface area contributed by atoms with E-state index in [1.165, 1.54) is 0 Å². The number of aliphatic imine (C=N–C) groups is 1. The molecule has 156 valence electrons. The summed E-state index contributed by atoms with van der Waals surface area (Å²) in [5, 5.41) is 6.98. The van der Waals surface area contributed by atoms with Gasteiger partial charge in [-0.3, -0.25) is 4.99 Å². The summed E-state index contributed by atoms with van der Waals surface area (Å²) in [6, 6.07) is 5.59. The second-order valence-electron chi connectivity index (χ2n) is 6.83. The molecule has 0 aliphatic carbocycles. The van der Waals surface area contributed by atoms with Crippen LogP contribution in [0.4, 0.5) is 0 Å². The van der Waals surface area contributed by atoms with Gasteiger partial charge in [-0.25, -0.2) is 8.42 Å². The van der Waals surface area contributed by atoms with Crippen LogP contribution in [0.3, 0.4) is 0 Å². The Hall–Kier alpha value is -0.740. The van der Waals surface area contributed by atoms with E-state index in [-0.39, 0.29) is 36.3 Å². The number of benzene rings is 1. The monoisotopic (exact) mass is 531 g/mol. The molecule has 0 aromatic heterocycles. The molecular weight excluding hydrogens is 501 g/mol. The maximum atomic E-state index is 12.1. The summed E-state index contributed by atoms with van der Waals surface area (Å²) in [5.74, 6) is 1.35. The fourth-order valence-electron chi connectivity index (χ4n) is 2.10. The van der Waals surface area contributed by atoms with E-state index in [2.05, 4.69) is 15.6 Å². The van der Waals surface area contributed by atoms with Crippen molar-refractivity contribution in [3.63, 3.8) is 0 Å². The molecule has 0 aliphatic rings. The van der Waals surface area contributed by atoms with Crippen LogP contribution in [0.1, 0.15) is 33.3 Å². The maximum Gasteiger partial charge on any atom is 0.191 e. The van der Waals surface area contributed by atoms with E-state index >= 15 is 0 Å². The molecule has 0 saturated heterocycles. The normalized spacial score (nSPS) is 12.3. The van der Waals surface area contributed by atoms with Crippen molar-refractivity contribution >= 4 is 51.4 Å². The average molecular weight is 532 g/mol. The molecule has 0 amide bonds. The third kappa shape index (κ3) is 8.87. The van der Waals surface area contributed by atoms with Gasteiger partial charge in [-0.05, 0) is 51.8 Å². The Bertz CT molecular complexity index is 719. The first-order chi connectivity index (χ1) is 12.1. The highest BCUT2D eigenvalue weighted by atomic mass is 127. The molecule has 2 N–H and O–H groups in total. The molecule has 0 aliphatic heterocycles. The molecular formula is C18H31ClIN3O3S. The molecule has 0 radical (unpaired) electrons. The van der Waals surface area contributed by atoms with Crippen molar-refractivity contribution in [2.24, 2.45) is 4.99 Å². The molecule has 0 unspecified atom stereocenters. The second-order valence-corrected chi connectivity index (χ2v) is 10.1. The molecule has 27 heavy (non-hydrogen) atoms. The van der Waals surface area contributed by atoms with E-state index < -0.39 is 14.6 Å². The number of ether oxygens (including phenoxy) is 1. The first-order valence-corrected chi connectivity index (χ1v) is 10.7. The Morgan fingerprint density at radius 3 is 2.44 bits per heavy atom. The number of methoxy groups -OCH3 is 1. The van der Waals surface area contributed by atoms with Crippen LogP contribution in [-0.2, 0) is 16.3 Å². The van der Waals surface area contributed by atoms with Crippen LogP contribution in [0.25, 0.3) is 0 Å². The topological polar surface area (TPSA) is 79.8 Å². The van der Waals surface area contributed by atoms with Crippen LogP contribution in [0, 0.1) is 0 Å². The lowest BCUT2D eigenvalue weighted by molar-refractivity contribution is 0.414. The fraction of sp³-hybridized carbons (Fsp3) is 0.611. The van der Waals surface area contributed by atoms with Crippen molar-refractivity contribution in [2.45, 2.75) is 38.9 Å². The largest absolute Gasteiger partial charge is 0.497 e. The number of rotatable bonds is 8. The summed E-state index contributed by atoms with van der Waals surface area (Å²) in [4.78, 5) is 4.36. The van der Waals surface area contributed by atoms with Crippen molar-refractivity contribution < 1.29 is 13.2 Å². The summed E-state index contributed by atoms with van der Waals surface area (Å²) in [5.41, 5.74) is 1.01. The first kappa shape index (κ1) is 26.3. The van der Waals surface area contributed by atoms with Crippen molar-refractivity contribution in [2.75, 3.05) is 32.5 Å². The van der Waals surface area contributed by atoms with Crippen LogP contribution in [0.2, 0.25) is 5.02 Å². The van der Waals surface area contributed by atoms with Crippen LogP contribution in [-0.4, -0.2) is 51.6 Å². The highest BCUT2D eigenvalue weighted by Crippen LogP contribution is 2.22. The molecule has 1 aromatic carbocycles. The highest BCUT2D eigenvalue weighted by Gasteiger charge is 2.28. The zero-order valence-electron chi connectivity index (χ0n) is 16.6. The van der Waals surface area contributed by atoms with Gasteiger partial charge in [-0.1, -0.05) is 17.7 Å². The molecule has 0 saturated carbocycles. The van der Waals surface area contributed by atoms with E-state index in [1.54, 1.807) is 33.9 Å². The lowest BCUT2D eigenvalue weighted by Crippen LogP contribution is -2.39. The zero-order valence-corrected chi connectivity index (χ0v) is 20.5. The Morgan fingerprint density at radius 2 is 1.93 bits per heavy atom. The number of nitrogens with zero attached hydrogens (tertiary/aromatic N) is 1. The molecule has 1 aromatic rings. The van der Waals surface area contributed by atoms with Gasteiger partial charge in [0.05, 0.1) is 24.2 Å². The van der Waals surface area contributed by atoms with E-state index in [4.69, 9.17) is 16.3 Å². The molecule has 6 nitrogen and oxygen atoms in total. The molecule has 0 fully saturated rings. The summed E-state index contributed by atoms with van der Waals surface area (Å²) in [6.07, 6.45) is 0.716. The highest BCUT2D eigenvalue weighted by molar-refractivity contribution is 14.0. The quantitative estimate of drug-likeness (QED) is 0.306. The third-order valence-electron chi connectivity index (χ3n) is 3.85. The van der Waals surface area contributed by atoms with E-state index in [0.29, 0.717) is 30.5 Å². The standard InChI is InChI=1S/C18H30ClN3O3S.HI/c1-6-20-17(22-11-12-26(23,24)18(2,3)4)21-10-9-14-7-8-15(25-5)13-16(14)19;/h7-8,13H,6,9-12H2,1-5H3,(H2,20,21,22);1H. The second kappa shape index (κ2) is 12.0. The Balaban J connectivity index is 0.00000676. The van der Waals surface area contributed by atoms with Gasteiger partial charge in [0.25, 0.3) is 0 Å².